The fourth-order valence-electron chi connectivity index (χ4n) is 7.01. The van der Waals surface area contributed by atoms with Gasteiger partial charge in [0.2, 0.25) is 0 Å². The summed E-state index contributed by atoms with van der Waals surface area (Å²) in [5, 5.41) is 3.61. The van der Waals surface area contributed by atoms with Crippen molar-refractivity contribution in [3.8, 4) is 11.5 Å². The third-order valence-corrected chi connectivity index (χ3v) is 9.41. The van der Waals surface area contributed by atoms with Crippen LogP contribution in [0.25, 0.3) is 21.5 Å². The van der Waals surface area contributed by atoms with Crippen LogP contribution in [0.4, 0.5) is 0 Å². The van der Waals surface area contributed by atoms with Gasteiger partial charge in [0, 0.05) is 21.5 Å². The molecule has 2 saturated carbocycles. The SMILES string of the molecule is CC(CC(=O)OCCC1CCCCC1)Oc1c2ccccc2c(OC(C)CC(=O)OCCC2CCCCC2)c2ccccc12. The molecule has 2 unspecified atom stereocenters. The van der Waals surface area contributed by atoms with Gasteiger partial charge in [-0.3, -0.25) is 9.59 Å². The summed E-state index contributed by atoms with van der Waals surface area (Å²) >= 11 is 0. The second kappa shape index (κ2) is 16.2. The molecule has 2 aliphatic carbocycles. The summed E-state index contributed by atoms with van der Waals surface area (Å²) in [6.45, 7) is 4.80. The number of rotatable bonds is 14. The van der Waals surface area contributed by atoms with E-state index in [0.717, 1.165) is 45.9 Å². The number of esters is 2. The summed E-state index contributed by atoms with van der Waals surface area (Å²) < 4.78 is 24.2. The van der Waals surface area contributed by atoms with Crippen molar-refractivity contribution in [2.75, 3.05) is 13.2 Å². The molecule has 44 heavy (non-hydrogen) atoms. The summed E-state index contributed by atoms with van der Waals surface area (Å²) in [6, 6.07) is 16.0. The maximum Gasteiger partial charge on any atom is 0.309 e. The third-order valence-electron chi connectivity index (χ3n) is 9.41. The second-order valence-electron chi connectivity index (χ2n) is 13.0. The summed E-state index contributed by atoms with van der Waals surface area (Å²) in [7, 11) is 0. The van der Waals surface area contributed by atoms with Gasteiger partial charge in [-0.05, 0) is 38.5 Å². The Morgan fingerprint density at radius 3 is 1.27 bits per heavy atom. The summed E-state index contributed by atoms with van der Waals surface area (Å²) in [5.74, 6) is 2.37. The van der Waals surface area contributed by atoms with E-state index in [2.05, 4.69) is 0 Å². The lowest BCUT2D eigenvalue weighted by Gasteiger charge is -2.23. The van der Waals surface area contributed by atoms with E-state index in [1.807, 2.05) is 62.4 Å². The number of fused-ring (bicyclic) bond motifs is 2. The highest BCUT2D eigenvalue weighted by atomic mass is 16.5. The van der Waals surface area contributed by atoms with Crippen LogP contribution >= 0.6 is 0 Å². The number of carbonyl (C=O) groups excluding carboxylic acids is 2. The fourth-order valence-corrected chi connectivity index (χ4v) is 7.01. The van der Waals surface area contributed by atoms with E-state index in [9.17, 15) is 9.59 Å². The lowest BCUT2D eigenvalue weighted by molar-refractivity contribution is -0.146. The first-order chi connectivity index (χ1) is 21.5. The van der Waals surface area contributed by atoms with E-state index in [1.54, 1.807) is 0 Å². The molecule has 6 heteroatoms. The highest BCUT2D eigenvalue weighted by Gasteiger charge is 2.22. The topological polar surface area (TPSA) is 71.1 Å². The quantitative estimate of drug-likeness (QED) is 0.135. The Morgan fingerprint density at radius 2 is 0.932 bits per heavy atom. The smallest absolute Gasteiger partial charge is 0.309 e. The Balaban J connectivity index is 1.23. The van der Waals surface area contributed by atoms with E-state index < -0.39 is 0 Å². The van der Waals surface area contributed by atoms with Crippen molar-refractivity contribution in [3.05, 3.63) is 48.5 Å². The second-order valence-corrected chi connectivity index (χ2v) is 13.0. The molecule has 2 atom stereocenters. The Hall–Kier alpha value is -3.28. The van der Waals surface area contributed by atoms with Gasteiger partial charge in [-0.2, -0.15) is 0 Å². The molecule has 0 saturated heterocycles. The van der Waals surface area contributed by atoms with Crippen LogP contribution in [0.15, 0.2) is 48.5 Å². The van der Waals surface area contributed by atoms with Crippen LogP contribution < -0.4 is 9.47 Å². The van der Waals surface area contributed by atoms with Gasteiger partial charge in [0.1, 0.15) is 23.7 Å². The molecule has 0 heterocycles. The standard InChI is InChI=1S/C38H50O6/c1-27(25-35(39)41-23-21-29-13-5-3-6-14-29)43-37-31-17-9-11-19-33(31)38(34-20-12-10-18-32(34)37)44-28(2)26-36(40)42-24-22-30-15-7-4-8-16-30/h9-12,17-20,27-30H,3-8,13-16,21-26H2,1-2H3. The van der Waals surface area contributed by atoms with Gasteiger partial charge < -0.3 is 18.9 Å². The van der Waals surface area contributed by atoms with Crippen LogP contribution in [-0.4, -0.2) is 37.4 Å². The Bertz CT molecular complexity index is 1210. The first-order valence-electron chi connectivity index (χ1n) is 17.1. The summed E-state index contributed by atoms with van der Waals surface area (Å²) in [4.78, 5) is 25.3. The first-order valence-corrected chi connectivity index (χ1v) is 17.1. The van der Waals surface area contributed by atoms with E-state index in [0.29, 0.717) is 25.0 Å². The van der Waals surface area contributed by atoms with E-state index in [-0.39, 0.29) is 37.0 Å². The van der Waals surface area contributed by atoms with Crippen molar-refractivity contribution in [3.63, 3.8) is 0 Å². The van der Waals surface area contributed by atoms with Crippen LogP contribution in [0.2, 0.25) is 0 Å². The molecular weight excluding hydrogens is 552 g/mol. The van der Waals surface area contributed by atoms with Crippen LogP contribution in [-0.2, 0) is 19.1 Å². The minimum atomic E-state index is -0.363. The molecule has 0 spiro atoms. The summed E-state index contributed by atoms with van der Waals surface area (Å²) in [6.07, 6.45) is 14.4. The monoisotopic (exact) mass is 602 g/mol. The van der Waals surface area contributed by atoms with Gasteiger partial charge in [0.25, 0.3) is 0 Å². The van der Waals surface area contributed by atoms with Gasteiger partial charge >= 0.3 is 11.9 Å². The first kappa shape index (κ1) is 32.1. The van der Waals surface area contributed by atoms with Crippen molar-refractivity contribution >= 4 is 33.5 Å². The van der Waals surface area contributed by atoms with Gasteiger partial charge in [0.15, 0.2) is 0 Å². The molecule has 0 bridgehead atoms. The van der Waals surface area contributed by atoms with Crippen LogP contribution in [0.3, 0.4) is 0 Å². The molecule has 0 aliphatic heterocycles. The maximum atomic E-state index is 12.7. The molecule has 2 aliphatic rings. The average Bonchev–Trinajstić information content (AvgIpc) is 3.03. The zero-order valence-electron chi connectivity index (χ0n) is 26.7. The number of hydrogen-bond acceptors (Lipinski definition) is 6. The highest BCUT2D eigenvalue weighted by molar-refractivity contribution is 6.11. The fraction of sp³-hybridized carbons (Fsp3) is 0.579. The maximum absolute atomic E-state index is 12.7. The Kier molecular flexibility index (Phi) is 11.8. The molecular formula is C38H50O6. The minimum absolute atomic E-state index is 0.186. The van der Waals surface area contributed by atoms with E-state index >= 15 is 0 Å². The van der Waals surface area contributed by atoms with E-state index in [1.165, 1.54) is 64.2 Å². The lowest BCUT2D eigenvalue weighted by atomic mass is 9.87. The van der Waals surface area contributed by atoms with Gasteiger partial charge in [-0.25, -0.2) is 0 Å². The Labute approximate surface area is 262 Å². The van der Waals surface area contributed by atoms with E-state index in [4.69, 9.17) is 18.9 Å². The lowest BCUT2D eigenvalue weighted by Crippen LogP contribution is -2.21. The molecule has 2 fully saturated rings. The number of benzene rings is 3. The van der Waals surface area contributed by atoms with Crippen molar-refractivity contribution in [1.82, 2.24) is 0 Å². The molecule has 0 N–H and O–H groups in total. The molecule has 3 aromatic carbocycles. The Morgan fingerprint density at radius 1 is 0.591 bits per heavy atom. The predicted octanol–water partition coefficient (Wildman–Crippen LogP) is 9.34. The normalized spacial score (nSPS) is 17.7. The van der Waals surface area contributed by atoms with Crippen molar-refractivity contribution in [2.45, 2.75) is 116 Å². The number of ether oxygens (including phenoxy) is 4. The predicted molar refractivity (Wildman–Crippen MR) is 175 cm³/mol. The highest BCUT2D eigenvalue weighted by Crippen LogP contribution is 2.43. The molecule has 5 rings (SSSR count). The molecule has 6 nitrogen and oxygen atoms in total. The van der Waals surface area contributed by atoms with Crippen molar-refractivity contribution in [1.29, 1.82) is 0 Å². The molecule has 238 valence electrons. The molecule has 0 amide bonds. The van der Waals surface area contributed by atoms with Gasteiger partial charge in [-0.1, -0.05) is 113 Å². The number of hydrogen-bond donors (Lipinski definition) is 0. The van der Waals surface area contributed by atoms with Crippen LogP contribution in [0.5, 0.6) is 11.5 Å². The molecule has 0 aromatic heterocycles. The van der Waals surface area contributed by atoms with Gasteiger partial charge in [-0.15, -0.1) is 0 Å². The van der Waals surface area contributed by atoms with Crippen molar-refractivity contribution in [2.24, 2.45) is 11.8 Å². The van der Waals surface area contributed by atoms with Crippen LogP contribution in [0.1, 0.15) is 104 Å². The van der Waals surface area contributed by atoms with Crippen LogP contribution in [0, 0.1) is 11.8 Å². The van der Waals surface area contributed by atoms with Crippen molar-refractivity contribution < 1.29 is 28.5 Å². The van der Waals surface area contributed by atoms with Gasteiger partial charge in [0.05, 0.1) is 26.1 Å². The zero-order chi connectivity index (χ0) is 30.7. The third kappa shape index (κ3) is 8.89. The molecule has 0 radical (unpaired) electrons. The zero-order valence-corrected chi connectivity index (χ0v) is 26.7. The molecule has 3 aromatic rings. The largest absolute Gasteiger partial charge is 0.489 e. The number of carbonyl (C=O) groups is 2. The summed E-state index contributed by atoms with van der Waals surface area (Å²) in [5.41, 5.74) is 0. The average molecular weight is 603 g/mol. The minimum Gasteiger partial charge on any atom is -0.489 e.